The molecular weight excluding hydrogens is 426 g/mol. The van der Waals surface area contributed by atoms with Crippen molar-refractivity contribution in [2.45, 2.75) is 4.90 Å². The van der Waals surface area contributed by atoms with Crippen LogP contribution in [0.5, 0.6) is 5.75 Å². The van der Waals surface area contributed by atoms with Gasteiger partial charge in [0.05, 0.1) is 33.6 Å². The zero-order valence-electron chi connectivity index (χ0n) is 14.4. The molecule has 0 radical (unpaired) electrons. The molecule has 0 unspecified atom stereocenters. The van der Waals surface area contributed by atoms with Gasteiger partial charge in [0.1, 0.15) is 12.4 Å². The lowest BCUT2D eigenvalue weighted by Crippen LogP contribution is -2.36. The number of carbonyl (C=O) groups excluding carboxylic acids is 2. The van der Waals surface area contributed by atoms with E-state index in [9.17, 15) is 18.0 Å². The van der Waals surface area contributed by atoms with Gasteiger partial charge in [0.25, 0.3) is 5.24 Å². The lowest BCUT2D eigenvalue weighted by Gasteiger charge is -2.28. The van der Waals surface area contributed by atoms with Crippen LogP contribution in [0.2, 0.25) is 5.02 Å². The fraction of sp³-hybridized carbons (Fsp3) is 0.176. The number of amides is 2. The molecule has 3 rings (SSSR count). The van der Waals surface area contributed by atoms with Gasteiger partial charge in [-0.1, -0.05) is 35.5 Å². The van der Waals surface area contributed by atoms with E-state index in [0.717, 1.165) is 17.8 Å². The van der Waals surface area contributed by atoms with Crippen LogP contribution in [-0.4, -0.2) is 38.5 Å². The number of nitrogens with two attached hydrogens (primary N) is 1. The van der Waals surface area contributed by atoms with Crippen LogP contribution in [0.15, 0.2) is 47.4 Å². The molecular formula is C17H16ClN3O5S2. The minimum atomic E-state index is -3.89. The Hall–Kier alpha value is -2.27. The van der Waals surface area contributed by atoms with Crippen molar-refractivity contribution in [3.63, 3.8) is 0 Å². The minimum absolute atomic E-state index is 0.0262. The lowest BCUT2D eigenvalue weighted by molar-refractivity contribution is -0.113. The Morgan fingerprint density at radius 3 is 2.71 bits per heavy atom. The fourth-order valence-electron chi connectivity index (χ4n) is 2.52. The highest BCUT2D eigenvalue weighted by Gasteiger charge is 2.24. The van der Waals surface area contributed by atoms with Crippen molar-refractivity contribution in [2.24, 2.45) is 5.14 Å². The summed E-state index contributed by atoms with van der Waals surface area (Å²) >= 11 is 6.84. The Morgan fingerprint density at radius 2 is 2.00 bits per heavy atom. The Balaban J connectivity index is 1.60. The van der Waals surface area contributed by atoms with Gasteiger partial charge in [0.15, 0.2) is 0 Å². The molecule has 0 fully saturated rings. The first-order valence-electron chi connectivity index (χ1n) is 8.04. The summed E-state index contributed by atoms with van der Waals surface area (Å²) in [4.78, 5) is 26.0. The third kappa shape index (κ3) is 4.76. The second-order valence-electron chi connectivity index (χ2n) is 5.76. The first-order chi connectivity index (χ1) is 13.3. The summed E-state index contributed by atoms with van der Waals surface area (Å²) in [5.41, 5.74) is 0.886. The summed E-state index contributed by atoms with van der Waals surface area (Å²) in [6.45, 7) is 0.771. The predicted molar refractivity (Wildman–Crippen MR) is 109 cm³/mol. The molecule has 1 aliphatic heterocycles. The van der Waals surface area contributed by atoms with Gasteiger partial charge in [-0.25, -0.2) is 13.6 Å². The van der Waals surface area contributed by atoms with E-state index in [0.29, 0.717) is 24.6 Å². The van der Waals surface area contributed by atoms with Crippen LogP contribution in [-0.2, 0) is 14.8 Å². The van der Waals surface area contributed by atoms with E-state index >= 15 is 0 Å². The molecule has 148 valence electrons. The normalized spacial score (nSPS) is 13.4. The lowest BCUT2D eigenvalue weighted by atomic mass is 10.2. The topological polar surface area (TPSA) is 119 Å². The molecule has 2 amide bonds. The van der Waals surface area contributed by atoms with Gasteiger partial charge in [0, 0.05) is 0 Å². The third-order valence-corrected chi connectivity index (χ3v) is 5.92. The van der Waals surface area contributed by atoms with Gasteiger partial charge in [-0.2, -0.15) is 0 Å². The molecule has 0 spiro atoms. The summed E-state index contributed by atoms with van der Waals surface area (Å²) in [6, 6.07) is 10.9. The fourth-order valence-corrected chi connectivity index (χ4v) is 4.03. The van der Waals surface area contributed by atoms with Gasteiger partial charge >= 0.3 is 0 Å². The zero-order chi connectivity index (χ0) is 20.3. The Bertz CT molecular complexity index is 1030. The van der Waals surface area contributed by atoms with E-state index in [4.69, 9.17) is 21.5 Å². The number of hydrogen-bond acceptors (Lipinski definition) is 6. The molecule has 2 aromatic carbocycles. The summed E-state index contributed by atoms with van der Waals surface area (Å²) in [6.07, 6.45) is 0. The van der Waals surface area contributed by atoms with Crippen LogP contribution in [0.4, 0.5) is 16.2 Å². The van der Waals surface area contributed by atoms with Gasteiger partial charge in [-0.3, -0.25) is 14.5 Å². The first-order valence-corrected chi connectivity index (χ1v) is 10.9. The van der Waals surface area contributed by atoms with Gasteiger partial charge in [-0.15, -0.1) is 0 Å². The molecule has 0 saturated heterocycles. The van der Waals surface area contributed by atoms with Crippen molar-refractivity contribution in [2.75, 3.05) is 29.1 Å². The summed E-state index contributed by atoms with van der Waals surface area (Å²) in [5.74, 6) is 0.0325. The maximum absolute atomic E-state index is 12.5. The first kappa shape index (κ1) is 20.5. The smallest absolute Gasteiger partial charge is 0.286 e. The van der Waals surface area contributed by atoms with Crippen LogP contribution in [0.1, 0.15) is 0 Å². The average Bonchev–Trinajstić information content (AvgIpc) is 2.66. The Labute approximate surface area is 171 Å². The highest BCUT2D eigenvalue weighted by atomic mass is 35.5. The Morgan fingerprint density at radius 1 is 1.25 bits per heavy atom. The van der Waals surface area contributed by atoms with E-state index < -0.39 is 15.9 Å². The van der Waals surface area contributed by atoms with E-state index in [2.05, 4.69) is 5.32 Å². The number of hydrogen-bond donors (Lipinski definition) is 2. The second kappa shape index (κ2) is 8.39. The van der Waals surface area contributed by atoms with Crippen LogP contribution in [0.25, 0.3) is 0 Å². The maximum Gasteiger partial charge on any atom is 0.286 e. The van der Waals surface area contributed by atoms with Crippen LogP contribution < -0.4 is 20.1 Å². The van der Waals surface area contributed by atoms with E-state index in [-0.39, 0.29) is 26.6 Å². The van der Waals surface area contributed by atoms with E-state index in [1.165, 1.54) is 12.1 Å². The maximum atomic E-state index is 12.5. The number of para-hydroxylation sites is 2. The third-order valence-electron chi connectivity index (χ3n) is 3.82. The van der Waals surface area contributed by atoms with Crippen LogP contribution >= 0.6 is 23.4 Å². The van der Waals surface area contributed by atoms with Gasteiger partial charge in [-0.05, 0) is 30.3 Å². The summed E-state index contributed by atoms with van der Waals surface area (Å²) in [7, 11) is -3.89. The van der Waals surface area contributed by atoms with Gasteiger partial charge < -0.3 is 10.1 Å². The van der Waals surface area contributed by atoms with Crippen molar-refractivity contribution in [1.29, 1.82) is 0 Å². The second-order valence-corrected chi connectivity index (χ2v) is 8.65. The number of carbonyl (C=O) groups is 2. The predicted octanol–water partition coefficient (Wildman–Crippen LogP) is 2.68. The Kier molecular flexibility index (Phi) is 6.14. The number of nitrogens with one attached hydrogen (secondary N) is 1. The number of nitrogens with zero attached hydrogens (tertiary/aromatic N) is 1. The van der Waals surface area contributed by atoms with Crippen molar-refractivity contribution >= 4 is 55.9 Å². The largest absolute Gasteiger partial charge is 0.490 e. The van der Waals surface area contributed by atoms with Crippen molar-refractivity contribution < 1.29 is 22.7 Å². The SMILES string of the molecule is NS(=O)(=O)c1ccc(NC(=O)CSC(=O)N2CCOc3ccccc32)c(Cl)c1. The summed E-state index contributed by atoms with van der Waals surface area (Å²) in [5, 5.41) is 7.33. The molecule has 28 heavy (non-hydrogen) atoms. The van der Waals surface area contributed by atoms with Crippen LogP contribution in [0.3, 0.4) is 0 Å². The molecule has 0 aromatic heterocycles. The van der Waals surface area contributed by atoms with Gasteiger partial charge in [0.2, 0.25) is 15.9 Å². The number of fused-ring (bicyclic) bond motifs is 1. The molecule has 2 aromatic rings. The van der Waals surface area contributed by atoms with Crippen molar-refractivity contribution in [3.8, 4) is 5.75 Å². The number of thioether (sulfide) groups is 1. The zero-order valence-corrected chi connectivity index (χ0v) is 16.8. The molecule has 3 N–H and O–H groups in total. The van der Waals surface area contributed by atoms with Crippen LogP contribution in [0, 0.1) is 0 Å². The number of benzene rings is 2. The number of ether oxygens (including phenoxy) is 1. The molecule has 8 nitrogen and oxygen atoms in total. The van der Waals surface area contributed by atoms with Crippen molar-refractivity contribution in [1.82, 2.24) is 0 Å². The molecule has 0 atom stereocenters. The summed E-state index contributed by atoms with van der Waals surface area (Å²) < 4.78 is 28.1. The number of primary sulfonamides is 1. The van der Waals surface area contributed by atoms with Crippen molar-refractivity contribution in [3.05, 3.63) is 47.5 Å². The molecule has 1 aliphatic rings. The quantitative estimate of drug-likeness (QED) is 0.752. The number of rotatable bonds is 4. The number of halogens is 1. The average molecular weight is 442 g/mol. The standard InChI is InChI=1S/C17H16ClN3O5S2/c18-12-9-11(28(19,24)25)5-6-13(12)20-16(22)10-27-17(23)21-7-8-26-15-4-2-1-3-14(15)21/h1-6,9H,7-8,10H2,(H,20,22)(H2,19,24,25). The molecule has 1 heterocycles. The number of anilines is 2. The minimum Gasteiger partial charge on any atom is -0.490 e. The molecule has 0 bridgehead atoms. The monoisotopic (exact) mass is 441 g/mol. The molecule has 11 heteroatoms. The highest BCUT2D eigenvalue weighted by molar-refractivity contribution is 8.14. The highest BCUT2D eigenvalue weighted by Crippen LogP contribution is 2.33. The molecule has 0 aliphatic carbocycles. The van der Waals surface area contributed by atoms with E-state index in [1.54, 1.807) is 23.1 Å². The number of sulfonamides is 1. The van der Waals surface area contributed by atoms with E-state index in [1.807, 2.05) is 6.07 Å². The molecule has 0 saturated carbocycles.